The van der Waals surface area contributed by atoms with E-state index in [0.717, 1.165) is 27.3 Å². The van der Waals surface area contributed by atoms with Crippen molar-refractivity contribution in [3.05, 3.63) is 57.0 Å². The average Bonchev–Trinajstić information content (AvgIpc) is 3.26. The van der Waals surface area contributed by atoms with Gasteiger partial charge in [-0.25, -0.2) is 9.67 Å². The van der Waals surface area contributed by atoms with E-state index in [1.165, 1.54) is 22.7 Å². The summed E-state index contributed by atoms with van der Waals surface area (Å²) in [6.45, 7) is 3.82. The van der Waals surface area contributed by atoms with E-state index in [-0.39, 0.29) is 5.91 Å². The molecule has 8 heteroatoms. The van der Waals surface area contributed by atoms with Gasteiger partial charge in [0.25, 0.3) is 5.91 Å². The predicted molar refractivity (Wildman–Crippen MR) is 103 cm³/mol. The topological polar surface area (TPSA) is 59.8 Å². The Balaban J connectivity index is 1.74. The third-order valence-electron chi connectivity index (χ3n) is 3.69. The molecule has 0 saturated heterocycles. The lowest BCUT2D eigenvalue weighted by atomic mass is 10.3. The van der Waals surface area contributed by atoms with Crippen LogP contribution in [0.4, 0.5) is 5.13 Å². The van der Waals surface area contributed by atoms with E-state index in [0.29, 0.717) is 15.0 Å². The molecule has 0 fully saturated rings. The van der Waals surface area contributed by atoms with Gasteiger partial charge in [0.1, 0.15) is 4.83 Å². The number of hydrogen-bond donors (Lipinski definition) is 1. The molecule has 3 heterocycles. The highest BCUT2D eigenvalue weighted by atomic mass is 35.5. The van der Waals surface area contributed by atoms with E-state index in [1.54, 1.807) is 4.68 Å². The summed E-state index contributed by atoms with van der Waals surface area (Å²) in [7, 11) is 0. The van der Waals surface area contributed by atoms with Gasteiger partial charge < -0.3 is 0 Å². The quantitative estimate of drug-likeness (QED) is 0.533. The molecule has 0 aliphatic carbocycles. The van der Waals surface area contributed by atoms with Crippen LogP contribution in [0.1, 0.15) is 21.1 Å². The molecule has 5 nitrogen and oxygen atoms in total. The van der Waals surface area contributed by atoms with E-state index in [2.05, 4.69) is 15.4 Å². The normalized spacial score (nSPS) is 11.2. The lowest BCUT2D eigenvalue weighted by molar-refractivity contribution is 0.103. The van der Waals surface area contributed by atoms with Crippen LogP contribution in [0.5, 0.6) is 0 Å². The highest BCUT2D eigenvalue weighted by Gasteiger charge is 2.18. The fraction of sp³-hybridized carbons (Fsp3) is 0.118. The molecule has 0 atom stereocenters. The summed E-state index contributed by atoms with van der Waals surface area (Å²) in [5.41, 5.74) is 2.55. The fourth-order valence-corrected chi connectivity index (χ4v) is 4.49. The monoisotopic (exact) mass is 388 g/mol. The van der Waals surface area contributed by atoms with Gasteiger partial charge in [-0.3, -0.25) is 10.1 Å². The van der Waals surface area contributed by atoms with Gasteiger partial charge in [0.05, 0.1) is 27.0 Å². The van der Waals surface area contributed by atoms with Crippen LogP contribution in [0, 0.1) is 13.8 Å². The summed E-state index contributed by atoms with van der Waals surface area (Å²) in [5.74, 6) is -0.166. The number of amides is 1. The maximum atomic E-state index is 12.5. The van der Waals surface area contributed by atoms with Gasteiger partial charge >= 0.3 is 0 Å². The second kappa shape index (κ2) is 6.25. The van der Waals surface area contributed by atoms with Gasteiger partial charge in [-0.1, -0.05) is 23.7 Å². The summed E-state index contributed by atoms with van der Waals surface area (Å²) in [4.78, 5) is 18.3. The summed E-state index contributed by atoms with van der Waals surface area (Å²) < 4.78 is 1.79. The van der Waals surface area contributed by atoms with E-state index in [4.69, 9.17) is 11.6 Å². The summed E-state index contributed by atoms with van der Waals surface area (Å²) in [5, 5.41) is 11.5. The van der Waals surface area contributed by atoms with Gasteiger partial charge in [-0.2, -0.15) is 5.10 Å². The highest BCUT2D eigenvalue weighted by Crippen LogP contribution is 2.32. The zero-order chi connectivity index (χ0) is 17.6. The highest BCUT2D eigenvalue weighted by molar-refractivity contribution is 7.20. The van der Waals surface area contributed by atoms with Crippen molar-refractivity contribution in [1.82, 2.24) is 14.8 Å². The van der Waals surface area contributed by atoms with E-state index in [1.807, 2.05) is 49.6 Å². The number of anilines is 1. The average molecular weight is 389 g/mol. The first-order valence-electron chi connectivity index (χ1n) is 7.50. The zero-order valence-corrected chi connectivity index (χ0v) is 15.8. The van der Waals surface area contributed by atoms with Crippen LogP contribution in [0.3, 0.4) is 0 Å². The van der Waals surface area contributed by atoms with Crippen LogP contribution in [0.15, 0.2) is 35.7 Å². The Morgan fingerprint density at radius 3 is 2.80 bits per heavy atom. The van der Waals surface area contributed by atoms with E-state index in [9.17, 15) is 4.79 Å². The van der Waals surface area contributed by atoms with Gasteiger partial charge in [0.2, 0.25) is 0 Å². The largest absolute Gasteiger partial charge is 0.297 e. The maximum absolute atomic E-state index is 12.5. The molecule has 4 rings (SSSR count). The number of hydrogen-bond acceptors (Lipinski definition) is 5. The Kier molecular flexibility index (Phi) is 4.07. The molecule has 0 saturated carbocycles. The Bertz CT molecular complexity index is 1100. The van der Waals surface area contributed by atoms with Crippen molar-refractivity contribution in [1.29, 1.82) is 0 Å². The van der Waals surface area contributed by atoms with Crippen molar-refractivity contribution in [3.8, 4) is 5.69 Å². The van der Waals surface area contributed by atoms with Crippen molar-refractivity contribution in [2.24, 2.45) is 0 Å². The van der Waals surface area contributed by atoms with Crippen LogP contribution in [-0.2, 0) is 0 Å². The first kappa shape index (κ1) is 16.3. The molecule has 25 heavy (non-hydrogen) atoms. The predicted octanol–water partition coefficient (Wildman–Crippen LogP) is 5.07. The number of halogens is 1. The summed E-state index contributed by atoms with van der Waals surface area (Å²) in [6.07, 6.45) is 0. The number of nitrogens with zero attached hydrogens (tertiary/aromatic N) is 3. The Morgan fingerprint density at radius 1 is 1.28 bits per heavy atom. The smallest absolute Gasteiger partial charge is 0.267 e. The Hall–Kier alpha value is -2.22. The molecule has 0 aliphatic heterocycles. The van der Waals surface area contributed by atoms with Crippen LogP contribution in [-0.4, -0.2) is 20.7 Å². The molecule has 0 unspecified atom stereocenters. The number of aromatic nitrogens is 3. The number of thiazole rings is 1. The number of para-hydroxylation sites is 1. The molecule has 0 bridgehead atoms. The van der Waals surface area contributed by atoms with Crippen molar-refractivity contribution < 1.29 is 4.79 Å². The van der Waals surface area contributed by atoms with Crippen molar-refractivity contribution in [2.75, 3.05) is 5.32 Å². The maximum Gasteiger partial charge on any atom is 0.267 e. The SMILES string of the molecule is Cc1csc(NC(=O)c2cc3c(C)nn(-c4ccccc4Cl)c3s2)n1. The first-order chi connectivity index (χ1) is 12.0. The second-order valence-corrected chi connectivity index (χ2v) is 7.82. The molecule has 1 aromatic carbocycles. The van der Waals surface area contributed by atoms with Crippen LogP contribution < -0.4 is 5.32 Å². The molecule has 1 N–H and O–H groups in total. The number of carbonyl (C=O) groups excluding carboxylic acids is 1. The van der Waals surface area contributed by atoms with Gasteiger partial charge in [-0.15, -0.1) is 22.7 Å². The molecular weight excluding hydrogens is 376 g/mol. The number of benzene rings is 1. The van der Waals surface area contributed by atoms with Gasteiger partial charge in [0.15, 0.2) is 5.13 Å². The summed E-state index contributed by atoms with van der Waals surface area (Å²) >= 11 is 9.11. The molecule has 1 amide bonds. The minimum atomic E-state index is -0.166. The zero-order valence-electron chi connectivity index (χ0n) is 13.4. The minimum absolute atomic E-state index is 0.166. The van der Waals surface area contributed by atoms with Gasteiger partial charge in [0, 0.05) is 10.8 Å². The number of rotatable bonds is 3. The van der Waals surface area contributed by atoms with Crippen molar-refractivity contribution >= 4 is 55.5 Å². The number of fused-ring (bicyclic) bond motifs is 1. The molecule has 0 aliphatic rings. The standard InChI is InChI=1S/C17H13ClN4OS2/c1-9-8-24-17(19-9)20-15(23)14-7-11-10(2)21-22(16(11)25-14)13-6-4-3-5-12(13)18/h3-8H,1-2H3,(H,19,20,23). The number of aryl methyl sites for hydroxylation is 2. The first-order valence-corrected chi connectivity index (χ1v) is 9.58. The van der Waals surface area contributed by atoms with E-state index >= 15 is 0 Å². The minimum Gasteiger partial charge on any atom is -0.297 e. The van der Waals surface area contributed by atoms with E-state index < -0.39 is 0 Å². The number of carbonyl (C=O) groups is 1. The summed E-state index contributed by atoms with van der Waals surface area (Å²) in [6, 6.07) is 9.39. The van der Waals surface area contributed by atoms with Crippen molar-refractivity contribution in [3.63, 3.8) is 0 Å². The third-order valence-corrected chi connectivity index (χ3v) is 5.99. The number of thiophene rings is 1. The molecule has 126 valence electrons. The van der Waals surface area contributed by atoms with Crippen LogP contribution >= 0.6 is 34.3 Å². The fourth-order valence-electron chi connectivity index (χ4n) is 2.52. The van der Waals surface area contributed by atoms with Crippen LogP contribution in [0.25, 0.3) is 15.9 Å². The Labute approximate surface area is 156 Å². The molecular formula is C17H13ClN4OS2. The second-order valence-electron chi connectivity index (χ2n) is 5.53. The lowest BCUT2D eigenvalue weighted by Crippen LogP contribution is -2.09. The van der Waals surface area contributed by atoms with Crippen molar-refractivity contribution in [2.45, 2.75) is 13.8 Å². The Morgan fingerprint density at radius 2 is 2.08 bits per heavy atom. The molecule has 0 spiro atoms. The molecule has 4 aromatic rings. The third kappa shape index (κ3) is 2.95. The van der Waals surface area contributed by atoms with Crippen LogP contribution in [0.2, 0.25) is 5.02 Å². The van der Waals surface area contributed by atoms with Gasteiger partial charge in [-0.05, 0) is 32.0 Å². The lowest BCUT2D eigenvalue weighted by Gasteiger charge is -2.04. The number of nitrogens with one attached hydrogen (secondary N) is 1. The molecule has 0 radical (unpaired) electrons. The molecule has 3 aromatic heterocycles.